The predicted octanol–water partition coefficient (Wildman–Crippen LogP) is 5.78. The molecule has 1 aliphatic heterocycles. The van der Waals surface area contributed by atoms with E-state index in [4.69, 9.17) is 4.74 Å². The average Bonchev–Trinajstić information content (AvgIpc) is 3.62. The average molecular weight is 400 g/mol. The fourth-order valence-electron chi connectivity index (χ4n) is 4.85. The molecule has 30 heavy (non-hydrogen) atoms. The van der Waals surface area contributed by atoms with Crippen LogP contribution in [0.25, 0.3) is 10.8 Å². The molecule has 2 fully saturated rings. The smallest absolute Gasteiger partial charge is 0.127 e. The van der Waals surface area contributed by atoms with E-state index in [9.17, 15) is 4.79 Å². The maximum atomic E-state index is 11.9. The van der Waals surface area contributed by atoms with Gasteiger partial charge in [-0.05, 0) is 66.8 Å². The highest BCUT2D eigenvalue weighted by atomic mass is 16.5. The maximum absolute atomic E-state index is 11.9. The zero-order valence-corrected chi connectivity index (χ0v) is 17.4. The molecule has 5 rings (SSSR count). The zero-order valence-electron chi connectivity index (χ0n) is 17.4. The summed E-state index contributed by atoms with van der Waals surface area (Å²) in [5, 5.41) is 2.31. The van der Waals surface area contributed by atoms with E-state index < -0.39 is 0 Å². The van der Waals surface area contributed by atoms with Gasteiger partial charge in [0, 0.05) is 23.9 Å². The molecular formula is C27H29NO2. The van der Waals surface area contributed by atoms with Crippen molar-refractivity contribution in [1.82, 2.24) is 4.90 Å². The minimum atomic E-state index is 0.0902. The number of piperidine rings is 1. The molecule has 3 aromatic carbocycles. The fourth-order valence-corrected chi connectivity index (χ4v) is 4.85. The van der Waals surface area contributed by atoms with Gasteiger partial charge in [0.05, 0.1) is 0 Å². The van der Waals surface area contributed by atoms with Crippen molar-refractivity contribution in [3.8, 4) is 5.75 Å². The first-order chi connectivity index (χ1) is 14.8. The Morgan fingerprint density at radius 2 is 1.83 bits per heavy atom. The van der Waals surface area contributed by atoms with E-state index in [1.807, 2.05) is 24.3 Å². The largest absolute Gasteiger partial charge is 0.488 e. The van der Waals surface area contributed by atoms with Crippen LogP contribution in [0.1, 0.15) is 42.9 Å². The molecular weight excluding hydrogens is 370 g/mol. The first-order valence-corrected chi connectivity index (χ1v) is 11.2. The van der Waals surface area contributed by atoms with E-state index >= 15 is 0 Å². The van der Waals surface area contributed by atoms with E-state index in [-0.39, 0.29) is 12.0 Å². The quantitative estimate of drug-likeness (QED) is 0.472. The van der Waals surface area contributed by atoms with Crippen LogP contribution in [0.3, 0.4) is 0 Å². The van der Waals surface area contributed by atoms with Crippen molar-refractivity contribution < 1.29 is 9.53 Å². The highest BCUT2D eigenvalue weighted by Crippen LogP contribution is 2.40. The van der Waals surface area contributed by atoms with Crippen LogP contribution >= 0.6 is 0 Å². The van der Waals surface area contributed by atoms with Crippen molar-refractivity contribution in [1.29, 1.82) is 0 Å². The van der Waals surface area contributed by atoms with Crippen LogP contribution in [-0.2, 0) is 11.4 Å². The zero-order chi connectivity index (χ0) is 20.3. The molecule has 154 valence electrons. The molecule has 0 radical (unpaired) electrons. The molecule has 0 bridgehead atoms. The van der Waals surface area contributed by atoms with Gasteiger partial charge in [-0.2, -0.15) is 0 Å². The molecule has 2 aliphatic rings. The van der Waals surface area contributed by atoms with Gasteiger partial charge in [-0.25, -0.2) is 0 Å². The number of carbonyl (C=O) groups excluding carboxylic acids is 1. The van der Waals surface area contributed by atoms with E-state index in [1.165, 1.54) is 30.1 Å². The predicted molar refractivity (Wildman–Crippen MR) is 121 cm³/mol. The lowest BCUT2D eigenvalue weighted by Gasteiger charge is -2.40. The molecule has 0 aromatic heterocycles. The topological polar surface area (TPSA) is 29.5 Å². The SMILES string of the molecule is O=CC1CCCN(CC2CC2)C1c1ccc2c(OCc3ccccc3)cccc2c1. The Hall–Kier alpha value is -2.65. The number of benzene rings is 3. The molecule has 1 saturated heterocycles. The first-order valence-electron chi connectivity index (χ1n) is 11.2. The van der Waals surface area contributed by atoms with Gasteiger partial charge < -0.3 is 9.53 Å². The molecule has 1 heterocycles. The van der Waals surface area contributed by atoms with Gasteiger partial charge in [0.1, 0.15) is 18.6 Å². The third-order valence-electron chi connectivity index (χ3n) is 6.59. The van der Waals surface area contributed by atoms with Gasteiger partial charge in [-0.3, -0.25) is 4.90 Å². The summed E-state index contributed by atoms with van der Waals surface area (Å²) in [4.78, 5) is 14.4. The fraction of sp³-hybridized carbons (Fsp3) is 0.370. The van der Waals surface area contributed by atoms with Crippen LogP contribution in [0.4, 0.5) is 0 Å². The second-order valence-electron chi connectivity index (χ2n) is 8.84. The van der Waals surface area contributed by atoms with Crippen LogP contribution in [0.5, 0.6) is 5.75 Å². The molecule has 0 spiro atoms. The third-order valence-corrected chi connectivity index (χ3v) is 6.59. The van der Waals surface area contributed by atoms with Crippen LogP contribution < -0.4 is 4.74 Å². The molecule has 1 aliphatic carbocycles. The Morgan fingerprint density at radius 3 is 2.63 bits per heavy atom. The standard InChI is InChI=1S/C27H29NO2/c29-18-24-9-5-15-28(17-20-11-12-20)27(24)23-13-14-25-22(16-23)8-4-10-26(25)30-19-21-6-2-1-3-7-21/h1-4,6-8,10,13-14,16,18,20,24,27H,5,9,11-12,15,17,19H2. The third kappa shape index (κ3) is 4.13. The number of likely N-dealkylation sites (tertiary alicyclic amines) is 1. The van der Waals surface area contributed by atoms with Crippen molar-refractivity contribution >= 4 is 17.1 Å². The Labute approximate surface area is 178 Å². The van der Waals surface area contributed by atoms with Crippen LogP contribution in [0, 0.1) is 11.8 Å². The lowest BCUT2D eigenvalue weighted by molar-refractivity contribution is -0.114. The van der Waals surface area contributed by atoms with Crippen molar-refractivity contribution in [2.75, 3.05) is 13.1 Å². The Bertz CT molecular complexity index is 1010. The summed E-state index contributed by atoms with van der Waals surface area (Å²) in [6.45, 7) is 2.80. The van der Waals surface area contributed by atoms with E-state index in [0.717, 1.165) is 48.5 Å². The lowest BCUT2D eigenvalue weighted by Crippen LogP contribution is -2.40. The van der Waals surface area contributed by atoms with Gasteiger partial charge in [0.25, 0.3) is 0 Å². The number of carbonyl (C=O) groups is 1. The summed E-state index contributed by atoms with van der Waals surface area (Å²) < 4.78 is 6.15. The molecule has 3 heteroatoms. The monoisotopic (exact) mass is 399 g/mol. The van der Waals surface area contributed by atoms with Crippen molar-refractivity contribution in [3.63, 3.8) is 0 Å². The molecule has 3 nitrogen and oxygen atoms in total. The normalized spacial score (nSPS) is 22.1. The summed E-state index contributed by atoms with van der Waals surface area (Å²) in [5.41, 5.74) is 2.43. The summed E-state index contributed by atoms with van der Waals surface area (Å²) in [7, 11) is 0. The van der Waals surface area contributed by atoms with Crippen molar-refractivity contribution in [3.05, 3.63) is 77.9 Å². The molecule has 2 atom stereocenters. The Morgan fingerprint density at radius 1 is 0.967 bits per heavy atom. The minimum absolute atomic E-state index is 0.0902. The summed E-state index contributed by atoms with van der Waals surface area (Å²) in [6, 6.07) is 23.4. The van der Waals surface area contributed by atoms with Crippen LogP contribution in [-0.4, -0.2) is 24.3 Å². The highest BCUT2D eigenvalue weighted by Gasteiger charge is 2.35. The van der Waals surface area contributed by atoms with Crippen LogP contribution in [0.2, 0.25) is 0 Å². The maximum Gasteiger partial charge on any atom is 0.127 e. The molecule has 3 aromatic rings. The Balaban J connectivity index is 1.42. The molecule has 2 unspecified atom stereocenters. The first kappa shape index (κ1) is 19.3. The van der Waals surface area contributed by atoms with Gasteiger partial charge in [0.2, 0.25) is 0 Å². The molecule has 1 saturated carbocycles. The number of hydrogen-bond acceptors (Lipinski definition) is 3. The molecule has 0 amide bonds. The number of fused-ring (bicyclic) bond motifs is 1. The number of ether oxygens (including phenoxy) is 1. The van der Waals surface area contributed by atoms with E-state index in [1.54, 1.807) is 0 Å². The summed E-state index contributed by atoms with van der Waals surface area (Å²) in [5.74, 6) is 1.83. The highest BCUT2D eigenvalue weighted by molar-refractivity contribution is 5.89. The van der Waals surface area contributed by atoms with Crippen molar-refractivity contribution in [2.45, 2.75) is 38.3 Å². The number of nitrogens with zero attached hydrogens (tertiary/aromatic N) is 1. The number of rotatable bonds is 7. The van der Waals surface area contributed by atoms with E-state index in [0.29, 0.717) is 6.61 Å². The van der Waals surface area contributed by atoms with Gasteiger partial charge in [0.15, 0.2) is 0 Å². The van der Waals surface area contributed by atoms with Crippen LogP contribution in [0.15, 0.2) is 66.7 Å². The number of aldehydes is 1. The van der Waals surface area contributed by atoms with Crippen molar-refractivity contribution in [2.24, 2.45) is 11.8 Å². The number of hydrogen-bond donors (Lipinski definition) is 0. The second kappa shape index (κ2) is 8.61. The minimum Gasteiger partial charge on any atom is -0.488 e. The molecule has 0 N–H and O–H groups in total. The summed E-state index contributed by atoms with van der Waals surface area (Å²) >= 11 is 0. The van der Waals surface area contributed by atoms with E-state index in [2.05, 4.69) is 47.4 Å². The lowest BCUT2D eigenvalue weighted by atomic mass is 9.84. The van der Waals surface area contributed by atoms with Gasteiger partial charge >= 0.3 is 0 Å². The van der Waals surface area contributed by atoms with Gasteiger partial charge in [-0.1, -0.05) is 54.6 Å². The summed E-state index contributed by atoms with van der Waals surface area (Å²) in [6.07, 6.45) is 5.99. The Kier molecular flexibility index (Phi) is 5.54. The second-order valence-corrected chi connectivity index (χ2v) is 8.84. The van der Waals surface area contributed by atoms with Gasteiger partial charge in [-0.15, -0.1) is 0 Å².